The zero-order valence-corrected chi connectivity index (χ0v) is 16.1. The number of methoxy groups -OCH3 is 1. The van der Waals surface area contributed by atoms with Crippen molar-refractivity contribution in [3.8, 4) is 0 Å². The van der Waals surface area contributed by atoms with Gasteiger partial charge in [-0.1, -0.05) is 12.1 Å². The van der Waals surface area contributed by atoms with Crippen molar-refractivity contribution < 1.29 is 19.1 Å². The zero-order chi connectivity index (χ0) is 19.1. The van der Waals surface area contributed by atoms with Crippen LogP contribution in [0.2, 0.25) is 0 Å². The largest absolute Gasteiger partial charge is 0.465 e. The van der Waals surface area contributed by atoms with Crippen molar-refractivity contribution in [2.75, 3.05) is 24.4 Å². The number of carbonyl (C=O) groups is 2. The Balaban J connectivity index is 2.11. The molecule has 26 heavy (non-hydrogen) atoms. The standard InChI is InChI=1S/C20H22ClNO4/c1-20(2,3)26-19(24)22-11-14(10-21)17-15-9-13(18(23)25-4)6-5-12(15)7-8-16(17)22/h5-9,14H,10-11H2,1-4H3. The number of carbonyl (C=O) groups excluding carboxylic acids is 2. The monoisotopic (exact) mass is 375 g/mol. The molecule has 1 aliphatic heterocycles. The van der Waals surface area contributed by atoms with E-state index in [4.69, 9.17) is 21.1 Å². The molecule has 0 fully saturated rings. The van der Waals surface area contributed by atoms with Crippen molar-refractivity contribution in [2.45, 2.75) is 32.3 Å². The Hall–Kier alpha value is -2.27. The summed E-state index contributed by atoms with van der Waals surface area (Å²) in [6, 6.07) is 9.26. The van der Waals surface area contributed by atoms with Crippen molar-refractivity contribution >= 4 is 40.1 Å². The Bertz CT molecular complexity index is 872. The van der Waals surface area contributed by atoms with Crippen molar-refractivity contribution in [1.82, 2.24) is 0 Å². The van der Waals surface area contributed by atoms with Crippen LogP contribution < -0.4 is 4.90 Å². The Morgan fingerprint density at radius 2 is 1.92 bits per heavy atom. The molecule has 2 aromatic rings. The van der Waals surface area contributed by atoms with Crippen LogP contribution in [0.5, 0.6) is 0 Å². The van der Waals surface area contributed by atoms with Gasteiger partial charge in [0.05, 0.1) is 18.4 Å². The van der Waals surface area contributed by atoms with Crippen molar-refractivity contribution in [2.24, 2.45) is 0 Å². The van der Waals surface area contributed by atoms with Crippen molar-refractivity contribution in [1.29, 1.82) is 0 Å². The van der Waals surface area contributed by atoms with E-state index in [2.05, 4.69) is 0 Å². The number of benzene rings is 2. The van der Waals surface area contributed by atoms with Gasteiger partial charge >= 0.3 is 12.1 Å². The van der Waals surface area contributed by atoms with E-state index in [-0.39, 0.29) is 5.92 Å². The van der Waals surface area contributed by atoms with Gasteiger partial charge in [0, 0.05) is 18.3 Å². The number of hydrogen-bond donors (Lipinski definition) is 0. The van der Waals surface area contributed by atoms with Crippen LogP contribution >= 0.6 is 11.6 Å². The predicted molar refractivity (Wildman–Crippen MR) is 102 cm³/mol. The molecule has 6 heteroatoms. The van der Waals surface area contributed by atoms with Gasteiger partial charge in [0.2, 0.25) is 0 Å². The van der Waals surface area contributed by atoms with E-state index in [0.717, 1.165) is 22.0 Å². The highest BCUT2D eigenvalue weighted by molar-refractivity contribution is 6.19. The molecule has 0 N–H and O–H groups in total. The SMILES string of the molecule is COC(=O)c1ccc2ccc3c(c2c1)C(CCl)CN3C(=O)OC(C)(C)C. The summed E-state index contributed by atoms with van der Waals surface area (Å²) in [4.78, 5) is 26.2. The van der Waals surface area contributed by atoms with Crippen LogP contribution in [0.1, 0.15) is 42.6 Å². The van der Waals surface area contributed by atoms with E-state index in [1.165, 1.54) is 7.11 Å². The van der Waals surface area contributed by atoms with Gasteiger partial charge in [0.1, 0.15) is 5.60 Å². The summed E-state index contributed by atoms with van der Waals surface area (Å²) >= 11 is 6.20. The first-order valence-corrected chi connectivity index (χ1v) is 9.00. The Kier molecular flexibility index (Phi) is 4.84. The third-order valence-corrected chi connectivity index (χ3v) is 4.74. The molecule has 138 valence electrons. The number of rotatable bonds is 2. The summed E-state index contributed by atoms with van der Waals surface area (Å²) in [7, 11) is 1.35. The quantitative estimate of drug-likeness (QED) is 0.563. The summed E-state index contributed by atoms with van der Waals surface area (Å²) in [6.07, 6.45) is -0.394. The Morgan fingerprint density at radius 1 is 1.23 bits per heavy atom. The summed E-state index contributed by atoms with van der Waals surface area (Å²) < 4.78 is 10.4. The summed E-state index contributed by atoms with van der Waals surface area (Å²) in [5.41, 5.74) is 1.64. The molecular formula is C20H22ClNO4. The highest BCUT2D eigenvalue weighted by atomic mass is 35.5. The highest BCUT2D eigenvalue weighted by Gasteiger charge is 2.35. The molecule has 0 spiro atoms. The number of amides is 1. The van der Waals surface area contributed by atoms with Crippen LogP contribution in [0, 0.1) is 0 Å². The first-order chi connectivity index (χ1) is 12.2. The average Bonchev–Trinajstić information content (AvgIpc) is 2.98. The normalized spacial score (nSPS) is 16.5. The van der Waals surface area contributed by atoms with Crippen LogP contribution in [0.3, 0.4) is 0 Å². The Labute approximate surface area is 157 Å². The molecule has 0 saturated heterocycles. The van der Waals surface area contributed by atoms with Gasteiger partial charge in [0.15, 0.2) is 0 Å². The predicted octanol–water partition coefficient (Wildman–Crippen LogP) is 4.70. The smallest absolute Gasteiger partial charge is 0.414 e. The van der Waals surface area contributed by atoms with Crippen LogP contribution in [0.15, 0.2) is 30.3 Å². The zero-order valence-electron chi connectivity index (χ0n) is 15.3. The van der Waals surface area contributed by atoms with Crippen LogP contribution in [0.25, 0.3) is 10.8 Å². The molecule has 0 radical (unpaired) electrons. The van der Waals surface area contributed by atoms with Gasteiger partial charge in [-0.05, 0) is 55.3 Å². The molecule has 0 bridgehead atoms. The molecule has 0 aromatic heterocycles. The van der Waals surface area contributed by atoms with E-state index in [0.29, 0.717) is 18.0 Å². The van der Waals surface area contributed by atoms with Gasteiger partial charge in [-0.3, -0.25) is 4.90 Å². The lowest BCUT2D eigenvalue weighted by molar-refractivity contribution is 0.0578. The minimum Gasteiger partial charge on any atom is -0.465 e. The number of halogens is 1. The van der Waals surface area contributed by atoms with E-state index >= 15 is 0 Å². The molecular weight excluding hydrogens is 354 g/mol. The second-order valence-corrected chi connectivity index (χ2v) is 7.68. The van der Waals surface area contributed by atoms with Crippen LogP contribution in [0.4, 0.5) is 10.5 Å². The fourth-order valence-corrected chi connectivity index (χ4v) is 3.52. The molecule has 1 unspecified atom stereocenters. The summed E-state index contributed by atoms with van der Waals surface area (Å²) in [5, 5.41) is 1.89. The lowest BCUT2D eigenvalue weighted by atomic mass is 9.94. The third kappa shape index (κ3) is 3.36. The van der Waals surface area contributed by atoms with Crippen LogP contribution in [-0.4, -0.2) is 37.2 Å². The summed E-state index contributed by atoms with van der Waals surface area (Å²) in [5.74, 6) is -0.0573. The number of esters is 1. The van der Waals surface area contributed by atoms with Crippen molar-refractivity contribution in [3.63, 3.8) is 0 Å². The maximum absolute atomic E-state index is 12.6. The third-order valence-electron chi connectivity index (χ3n) is 4.36. The minimum atomic E-state index is -0.578. The van der Waals surface area contributed by atoms with Crippen LogP contribution in [-0.2, 0) is 9.47 Å². The van der Waals surface area contributed by atoms with E-state index in [1.807, 2.05) is 39.0 Å². The lowest BCUT2D eigenvalue weighted by Gasteiger charge is -2.25. The van der Waals surface area contributed by atoms with Gasteiger partial charge in [-0.15, -0.1) is 11.6 Å². The number of alkyl halides is 1. The molecule has 1 aliphatic rings. The van der Waals surface area contributed by atoms with E-state index < -0.39 is 17.7 Å². The average molecular weight is 376 g/mol. The molecule has 1 atom stereocenters. The first kappa shape index (κ1) is 18.5. The summed E-state index contributed by atoms with van der Waals surface area (Å²) in [6.45, 7) is 5.97. The van der Waals surface area contributed by atoms with Gasteiger partial charge in [0.25, 0.3) is 0 Å². The maximum Gasteiger partial charge on any atom is 0.414 e. The number of anilines is 1. The first-order valence-electron chi connectivity index (χ1n) is 8.46. The number of nitrogens with zero attached hydrogens (tertiary/aromatic N) is 1. The van der Waals surface area contributed by atoms with Gasteiger partial charge in [-0.2, -0.15) is 0 Å². The molecule has 0 aliphatic carbocycles. The van der Waals surface area contributed by atoms with E-state index in [1.54, 1.807) is 17.0 Å². The molecule has 5 nitrogen and oxygen atoms in total. The molecule has 2 aromatic carbocycles. The molecule has 1 heterocycles. The number of hydrogen-bond acceptors (Lipinski definition) is 4. The maximum atomic E-state index is 12.6. The van der Waals surface area contributed by atoms with Crippen molar-refractivity contribution in [3.05, 3.63) is 41.5 Å². The molecule has 0 saturated carbocycles. The topological polar surface area (TPSA) is 55.8 Å². The second kappa shape index (κ2) is 6.80. The number of ether oxygens (including phenoxy) is 2. The fraction of sp³-hybridized carbons (Fsp3) is 0.400. The highest BCUT2D eigenvalue weighted by Crippen LogP contribution is 2.42. The molecule has 3 rings (SSSR count). The van der Waals surface area contributed by atoms with Gasteiger partial charge in [-0.25, -0.2) is 9.59 Å². The Morgan fingerprint density at radius 3 is 2.54 bits per heavy atom. The second-order valence-electron chi connectivity index (χ2n) is 7.37. The van der Waals surface area contributed by atoms with Gasteiger partial charge < -0.3 is 9.47 Å². The van der Waals surface area contributed by atoms with E-state index in [9.17, 15) is 9.59 Å². The lowest BCUT2D eigenvalue weighted by Crippen LogP contribution is -2.36. The minimum absolute atomic E-state index is 0.0317. The fourth-order valence-electron chi connectivity index (χ4n) is 3.27. The molecule has 1 amide bonds. The number of fused-ring (bicyclic) bond motifs is 3.